The average Bonchev–Trinajstić information content (AvgIpc) is 3.20. The van der Waals surface area contributed by atoms with Gasteiger partial charge in [-0.25, -0.2) is 0 Å². The predicted molar refractivity (Wildman–Crippen MR) is 110 cm³/mol. The Labute approximate surface area is 168 Å². The molecule has 2 aromatic carbocycles. The van der Waals surface area contributed by atoms with Crippen LogP contribution >= 0.6 is 11.6 Å². The Balaban J connectivity index is 1.93. The monoisotopic (exact) mass is 393 g/mol. The van der Waals surface area contributed by atoms with Gasteiger partial charge in [-0.1, -0.05) is 47.5 Å². The van der Waals surface area contributed by atoms with Gasteiger partial charge in [-0.15, -0.1) is 6.58 Å². The summed E-state index contributed by atoms with van der Waals surface area (Å²) in [5.74, 6) is -0.0644. The molecule has 0 aliphatic carbocycles. The van der Waals surface area contributed by atoms with E-state index in [9.17, 15) is 9.90 Å². The number of hydrogen-bond acceptors (Lipinski definition) is 3. The lowest BCUT2D eigenvalue weighted by molar-refractivity contribution is 0.0764. The molecule has 142 valence electrons. The first-order valence-electron chi connectivity index (χ1n) is 8.98. The van der Waals surface area contributed by atoms with E-state index in [-0.39, 0.29) is 17.7 Å². The lowest BCUT2D eigenvalue weighted by Crippen LogP contribution is -2.29. The van der Waals surface area contributed by atoms with E-state index in [4.69, 9.17) is 11.6 Å². The van der Waals surface area contributed by atoms with Gasteiger partial charge in [0.25, 0.3) is 5.91 Å². The molecule has 1 atom stereocenters. The van der Waals surface area contributed by atoms with Gasteiger partial charge in [0.15, 0.2) is 0 Å². The fourth-order valence-electron chi connectivity index (χ4n) is 3.68. The maximum atomic E-state index is 13.0. The highest BCUT2D eigenvalue weighted by Gasteiger charge is 2.42. The molecule has 28 heavy (non-hydrogen) atoms. The number of carbonyl (C=O) groups is 1. The second kappa shape index (κ2) is 6.84. The molecule has 2 N–H and O–H groups in total. The number of phenols is 1. The average molecular weight is 394 g/mol. The number of fused-ring (bicyclic) bond motifs is 1. The van der Waals surface area contributed by atoms with Crippen LogP contribution in [0.1, 0.15) is 38.8 Å². The number of nitrogens with zero attached hydrogens (tertiary/aromatic N) is 2. The van der Waals surface area contributed by atoms with Crippen molar-refractivity contribution in [3.05, 3.63) is 82.0 Å². The normalized spacial score (nSPS) is 15.8. The highest BCUT2D eigenvalue weighted by Crippen LogP contribution is 2.45. The number of nitrogens with one attached hydrogen (secondary N) is 1. The van der Waals surface area contributed by atoms with Crippen molar-refractivity contribution in [2.75, 3.05) is 6.54 Å². The molecule has 6 heteroatoms. The predicted octanol–water partition coefficient (Wildman–Crippen LogP) is 4.78. The Morgan fingerprint density at radius 3 is 2.68 bits per heavy atom. The molecular weight excluding hydrogens is 374 g/mol. The van der Waals surface area contributed by atoms with Crippen LogP contribution in [0.25, 0.3) is 11.3 Å². The van der Waals surface area contributed by atoms with Crippen LogP contribution in [0.3, 0.4) is 0 Å². The minimum atomic E-state index is -0.325. The number of benzene rings is 2. The van der Waals surface area contributed by atoms with E-state index >= 15 is 0 Å². The minimum absolute atomic E-state index is 0.0773. The molecule has 0 saturated heterocycles. The van der Waals surface area contributed by atoms with E-state index in [2.05, 4.69) is 16.8 Å². The Bertz CT molecular complexity index is 1090. The number of H-pyrrole nitrogens is 1. The molecule has 1 aromatic heterocycles. The number of amides is 1. The minimum Gasteiger partial charge on any atom is -0.507 e. The SMILES string of the molecule is C=CCN1C(=O)c2[nH]nc(-c3cc(Cl)c(C)cc3O)c2C1c1ccc(C)cc1. The Morgan fingerprint density at radius 1 is 1.29 bits per heavy atom. The summed E-state index contributed by atoms with van der Waals surface area (Å²) < 4.78 is 0. The molecule has 0 saturated carbocycles. The summed E-state index contributed by atoms with van der Waals surface area (Å²) >= 11 is 6.29. The van der Waals surface area contributed by atoms with Gasteiger partial charge in [0.1, 0.15) is 17.1 Å². The first-order chi connectivity index (χ1) is 13.4. The van der Waals surface area contributed by atoms with E-state index in [1.807, 2.05) is 38.1 Å². The second-order valence-corrected chi connectivity index (χ2v) is 7.45. The van der Waals surface area contributed by atoms with Crippen LogP contribution in [-0.4, -0.2) is 32.7 Å². The van der Waals surface area contributed by atoms with E-state index in [0.29, 0.717) is 28.5 Å². The first kappa shape index (κ1) is 18.3. The molecule has 5 nitrogen and oxygen atoms in total. The molecule has 0 radical (unpaired) electrons. The number of aromatic nitrogens is 2. The number of aromatic amines is 1. The van der Waals surface area contributed by atoms with Gasteiger partial charge in [0.2, 0.25) is 0 Å². The molecule has 1 aliphatic rings. The summed E-state index contributed by atoms with van der Waals surface area (Å²) in [4.78, 5) is 14.8. The number of phenolic OH excluding ortho intramolecular Hbond substituents is 1. The Morgan fingerprint density at radius 2 is 2.00 bits per heavy atom. The highest BCUT2D eigenvalue weighted by molar-refractivity contribution is 6.31. The largest absolute Gasteiger partial charge is 0.507 e. The summed E-state index contributed by atoms with van der Waals surface area (Å²) in [5.41, 5.74) is 5.08. The van der Waals surface area contributed by atoms with Crippen LogP contribution in [0.15, 0.2) is 49.1 Å². The van der Waals surface area contributed by atoms with Gasteiger partial charge in [-0.2, -0.15) is 5.10 Å². The number of hydrogen-bond donors (Lipinski definition) is 2. The topological polar surface area (TPSA) is 69.2 Å². The number of aryl methyl sites for hydroxylation is 2. The number of aromatic hydroxyl groups is 1. The van der Waals surface area contributed by atoms with Crippen LogP contribution in [-0.2, 0) is 0 Å². The first-order valence-corrected chi connectivity index (χ1v) is 9.36. The lowest BCUT2D eigenvalue weighted by Gasteiger charge is -2.25. The smallest absolute Gasteiger partial charge is 0.273 e. The molecule has 1 aliphatic heterocycles. The van der Waals surface area contributed by atoms with Gasteiger partial charge >= 0.3 is 0 Å². The van der Waals surface area contributed by atoms with Crippen molar-refractivity contribution in [3.8, 4) is 17.0 Å². The third-order valence-electron chi connectivity index (χ3n) is 5.11. The van der Waals surface area contributed by atoms with Gasteiger partial charge in [0.05, 0.1) is 6.04 Å². The standard InChI is InChI=1S/C22H20ClN3O2/c1-4-9-26-21(14-7-5-12(2)6-8-14)18-19(24-25-20(18)22(26)28)15-11-16(23)13(3)10-17(15)27/h4-8,10-11,21,27H,1,9H2,2-3H3,(H,24,25). The van der Waals surface area contributed by atoms with Gasteiger partial charge in [-0.05, 0) is 37.1 Å². The highest BCUT2D eigenvalue weighted by atomic mass is 35.5. The zero-order chi connectivity index (χ0) is 20.0. The zero-order valence-corrected chi connectivity index (χ0v) is 16.4. The molecule has 1 amide bonds. The summed E-state index contributed by atoms with van der Waals surface area (Å²) in [6.07, 6.45) is 1.71. The third-order valence-corrected chi connectivity index (χ3v) is 5.52. The maximum Gasteiger partial charge on any atom is 0.273 e. The molecule has 3 aromatic rings. The van der Waals surface area contributed by atoms with Crippen molar-refractivity contribution in [2.45, 2.75) is 19.9 Å². The van der Waals surface area contributed by atoms with Crippen LogP contribution in [0.4, 0.5) is 0 Å². The summed E-state index contributed by atoms with van der Waals surface area (Å²) in [6.45, 7) is 8.03. The van der Waals surface area contributed by atoms with Crippen LogP contribution in [0.2, 0.25) is 5.02 Å². The van der Waals surface area contributed by atoms with Crippen molar-refractivity contribution in [2.24, 2.45) is 0 Å². The Hall–Kier alpha value is -3.05. The molecular formula is C22H20ClN3O2. The number of carbonyl (C=O) groups excluding carboxylic acids is 1. The van der Waals surface area contributed by atoms with Gasteiger partial charge in [0, 0.05) is 22.7 Å². The third kappa shape index (κ3) is 2.79. The van der Waals surface area contributed by atoms with E-state index < -0.39 is 0 Å². The summed E-state index contributed by atoms with van der Waals surface area (Å²) in [7, 11) is 0. The number of halogens is 1. The number of rotatable bonds is 4. The maximum absolute atomic E-state index is 13.0. The van der Waals surface area contributed by atoms with E-state index in [0.717, 1.165) is 22.3 Å². The van der Waals surface area contributed by atoms with Crippen LogP contribution in [0.5, 0.6) is 5.75 Å². The molecule has 0 bridgehead atoms. The van der Waals surface area contributed by atoms with Crippen molar-refractivity contribution in [3.63, 3.8) is 0 Å². The molecule has 0 fully saturated rings. The zero-order valence-electron chi connectivity index (χ0n) is 15.7. The fourth-order valence-corrected chi connectivity index (χ4v) is 3.84. The Kier molecular flexibility index (Phi) is 4.47. The summed E-state index contributed by atoms with van der Waals surface area (Å²) in [6, 6.07) is 11.0. The van der Waals surface area contributed by atoms with E-state index in [1.54, 1.807) is 23.1 Å². The van der Waals surface area contributed by atoms with Gasteiger partial charge in [-0.3, -0.25) is 9.89 Å². The van der Waals surface area contributed by atoms with Crippen LogP contribution in [0, 0.1) is 13.8 Å². The van der Waals surface area contributed by atoms with Gasteiger partial charge < -0.3 is 10.0 Å². The van der Waals surface area contributed by atoms with Crippen molar-refractivity contribution >= 4 is 17.5 Å². The van der Waals surface area contributed by atoms with E-state index in [1.165, 1.54) is 0 Å². The quantitative estimate of drug-likeness (QED) is 0.626. The van der Waals surface area contributed by atoms with Crippen molar-refractivity contribution in [1.82, 2.24) is 15.1 Å². The molecule has 1 unspecified atom stereocenters. The van der Waals surface area contributed by atoms with Crippen molar-refractivity contribution < 1.29 is 9.90 Å². The second-order valence-electron chi connectivity index (χ2n) is 7.04. The fraction of sp³-hybridized carbons (Fsp3) is 0.182. The molecule has 4 rings (SSSR count). The molecule has 0 spiro atoms. The van der Waals surface area contributed by atoms with Crippen LogP contribution < -0.4 is 0 Å². The summed E-state index contributed by atoms with van der Waals surface area (Å²) in [5, 5.41) is 18.3. The lowest BCUT2D eigenvalue weighted by atomic mass is 9.95. The van der Waals surface area contributed by atoms with Crippen molar-refractivity contribution in [1.29, 1.82) is 0 Å². The molecule has 2 heterocycles.